The van der Waals surface area contributed by atoms with Gasteiger partial charge in [0.2, 0.25) is 0 Å². The maximum atomic E-state index is 13.2. The van der Waals surface area contributed by atoms with Crippen LogP contribution in [0.4, 0.5) is 8.78 Å². The van der Waals surface area contributed by atoms with Gasteiger partial charge in [-0.25, -0.2) is 17.2 Å². The van der Waals surface area contributed by atoms with Crippen molar-refractivity contribution in [3.05, 3.63) is 59.7 Å². The Kier molecular flexibility index (Phi) is 15.3. The summed E-state index contributed by atoms with van der Waals surface area (Å²) in [6.07, 6.45) is 0.147. The van der Waals surface area contributed by atoms with Crippen LogP contribution in [0.1, 0.15) is 18.4 Å². The topological polar surface area (TPSA) is 116 Å². The molecule has 0 N–H and O–H groups in total. The van der Waals surface area contributed by atoms with Gasteiger partial charge in [-0.15, -0.1) is 0 Å². The number of benzene rings is 2. The van der Waals surface area contributed by atoms with Crippen molar-refractivity contribution in [2.24, 2.45) is 0 Å². The molecule has 0 spiro atoms. The Balaban J connectivity index is 0.00000392. The van der Waals surface area contributed by atoms with Crippen molar-refractivity contribution in [2.75, 3.05) is 0 Å². The fraction of sp³-hybridized carbons (Fsp3) is 0.250. The van der Waals surface area contributed by atoms with Crippen molar-refractivity contribution in [1.82, 2.24) is 0 Å². The predicted octanol–water partition coefficient (Wildman–Crippen LogP) is -3.27. The van der Waals surface area contributed by atoms with Crippen molar-refractivity contribution < 1.29 is 143 Å². The first kappa shape index (κ1) is 30.4. The van der Waals surface area contributed by atoms with Crippen LogP contribution in [-0.2, 0) is 25.6 Å². The van der Waals surface area contributed by atoms with Crippen LogP contribution >= 0.6 is 8.25 Å². The number of aryl methyl sites for hydroxylation is 1. The van der Waals surface area contributed by atoms with Crippen molar-refractivity contribution in [2.45, 2.75) is 24.7 Å². The minimum atomic E-state index is -4.91. The summed E-state index contributed by atoms with van der Waals surface area (Å²) < 4.78 is 79.5. The van der Waals surface area contributed by atoms with E-state index in [0.717, 1.165) is 12.1 Å². The molecular formula is C16H15F2K2O7PS. The van der Waals surface area contributed by atoms with E-state index in [2.05, 4.69) is 4.52 Å². The molecule has 0 radical (unpaired) electrons. The van der Waals surface area contributed by atoms with Gasteiger partial charge in [-0.1, -0.05) is 12.1 Å². The van der Waals surface area contributed by atoms with Crippen LogP contribution in [0.2, 0.25) is 0 Å². The fourth-order valence-corrected chi connectivity index (χ4v) is 3.83. The van der Waals surface area contributed by atoms with Crippen LogP contribution in [0.25, 0.3) is 0 Å². The average molecular weight is 499 g/mol. The van der Waals surface area contributed by atoms with E-state index in [9.17, 15) is 31.2 Å². The van der Waals surface area contributed by atoms with Gasteiger partial charge in [0.25, 0.3) is 0 Å². The van der Waals surface area contributed by atoms with Crippen molar-refractivity contribution in [3.63, 3.8) is 0 Å². The third-order valence-electron chi connectivity index (χ3n) is 3.43. The summed E-state index contributed by atoms with van der Waals surface area (Å²) in [6.45, 7) is 0. The molecule has 0 aliphatic rings. The molecule has 2 atom stereocenters. The summed E-state index contributed by atoms with van der Waals surface area (Å²) >= 11 is 0. The van der Waals surface area contributed by atoms with E-state index >= 15 is 0 Å². The Bertz CT molecular complexity index is 911. The molecule has 0 saturated heterocycles. The first-order valence-electron chi connectivity index (χ1n) is 7.69. The molecular weight excluding hydrogens is 483 g/mol. The monoisotopic (exact) mass is 498 g/mol. The maximum Gasteiger partial charge on any atom is 1.00 e. The second-order valence-electron chi connectivity index (χ2n) is 5.54. The van der Waals surface area contributed by atoms with E-state index < -0.39 is 35.4 Å². The van der Waals surface area contributed by atoms with Crippen LogP contribution < -0.4 is 112 Å². The Hall–Kier alpha value is 1.43. The maximum absolute atomic E-state index is 13.2. The number of rotatable bonds is 9. The zero-order chi connectivity index (χ0) is 20.0. The van der Waals surface area contributed by atoms with Crippen LogP contribution in [0.5, 0.6) is 11.5 Å². The van der Waals surface area contributed by atoms with E-state index in [1.54, 1.807) is 24.3 Å². The van der Waals surface area contributed by atoms with Crippen LogP contribution in [0.15, 0.2) is 42.5 Å². The van der Waals surface area contributed by atoms with E-state index in [-0.39, 0.29) is 121 Å². The molecule has 29 heavy (non-hydrogen) atoms. The Morgan fingerprint density at radius 3 is 2.21 bits per heavy atom. The zero-order valence-electron chi connectivity index (χ0n) is 15.8. The first-order chi connectivity index (χ1) is 12.6. The van der Waals surface area contributed by atoms with Gasteiger partial charge in [-0.05, 0) is 37.0 Å². The molecule has 2 rings (SSSR count). The molecule has 0 aromatic heterocycles. The smallest absolute Gasteiger partial charge is 0.781 e. The van der Waals surface area contributed by atoms with Crippen LogP contribution in [-0.4, -0.2) is 18.4 Å². The van der Waals surface area contributed by atoms with Gasteiger partial charge in [0.1, 0.15) is 41.5 Å². The van der Waals surface area contributed by atoms with E-state index in [0.29, 0.717) is 23.8 Å². The average Bonchev–Trinajstić information content (AvgIpc) is 2.52. The number of hydrogen-bond donors (Lipinski definition) is 0. The van der Waals surface area contributed by atoms with Gasteiger partial charge in [0.15, 0.2) is 5.44 Å². The molecule has 0 amide bonds. The third-order valence-corrected chi connectivity index (χ3v) is 5.05. The SMILES string of the molecule is O=[PH]([O-])OC(CCCc1cccc(Oc2cc(F)cc(F)c2)c1)S(=O)(=O)[O-].[K+].[K+]. The third kappa shape index (κ3) is 11.7. The second-order valence-corrected chi connectivity index (χ2v) is 7.78. The minimum absolute atomic E-state index is 0. The van der Waals surface area contributed by atoms with Gasteiger partial charge in [0, 0.05) is 18.2 Å². The standard InChI is InChI=1S/C16H17F2O7PS.2K/c17-12-8-13(18)10-15(9-12)24-14-5-1-3-11(7-14)4-2-6-16(25-26(19)20)27(21,22)23;;/h1,3,5,7-10,16,26H,2,4,6H2,(H,19,20)(H,21,22,23);;/q;2*+1/p-2. The summed E-state index contributed by atoms with van der Waals surface area (Å²) in [5.74, 6) is -1.31. The fourth-order valence-electron chi connectivity index (χ4n) is 2.33. The molecule has 2 aromatic rings. The molecule has 2 unspecified atom stereocenters. The molecule has 0 aliphatic carbocycles. The van der Waals surface area contributed by atoms with Crippen LogP contribution in [0.3, 0.4) is 0 Å². The summed E-state index contributed by atoms with van der Waals surface area (Å²) in [5, 5.41) is 0. The summed E-state index contributed by atoms with van der Waals surface area (Å²) in [7, 11) is -8.73. The minimum Gasteiger partial charge on any atom is -0.781 e. The Labute approximate surface area is 253 Å². The first-order valence-corrected chi connectivity index (χ1v) is 10.4. The molecule has 7 nitrogen and oxygen atoms in total. The van der Waals surface area contributed by atoms with E-state index in [1.807, 2.05) is 0 Å². The summed E-state index contributed by atoms with van der Waals surface area (Å²) in [5.41, 5.74) is -1.28. The molecule has 0 heterocycles. The normalized spacial score (nSPS) is 13.0. The van der Waals surface area contributed by atoms with Gasteiger partial charge in [-0.2, -0.15) is 0 Å². The van der Waals surface area contributed by atoms with Crippen molar-refractivity contribution in [3.8, 4) is 11.5 Å². The zero-order valence-corrected chi connectivity index (χ0v) is 23.8. The van der Waals surface area contributed by atoms with Gasteiger partial charge in [-0.3, -0.25) is 0 Å². The number of hydrogen-bond acceptors (Lipinski definition) is 7. The Morgan fingerprint density at radius 2 is 1.66 bits per heavy atom. The van der Waals surface area contributed by atoms with E-state index in [4.69, 9.17) is 4.74 Å². The number of halogens is 2. The Morgan fingerprint density at radius 1 is 1.03 bits per heavy atom. The van der Waals surface area contributed by atoms with E-state index in [1.165, 1.54) is 0 Å². The molecule has 0 fully saturated rings. The van der Waals surface area contributed by atoms with Crippen LogP contribution in [0, 0.1) is 11.6 Å². The van der Waals surface area contributed by atoms with Gasteiger partial charge in [0.05, 0.1) is 0 Å². The van der Waals surface area contributed by atoms with Crippen molar-refractivity contribution in [1.29, 1.82) is 0 Å². The van der Waals surface area contributed by atoms with Gasteiger partial charge >= 0.3 is 103 Å². The predicted molar refractivity (Wildman–Crippen MR) is 89.4 cm³/mol. The molecule has 0 bridgehead atoms. The summed E-state index contributed by atoms with van der Waals surface area (Å²) in [4.78, 5) is 10.5. The second kappa shape index (κ2) is 14.6. The molecule has 0 aliphatic heterocycles. The van der Waals surface area contributed by atoms with Gasteiger partial charge < -0.3 is 23.3 Å². The molecule has 2 aromatic carbocycles. The molecule has 0 saturated carbocycles. The van der Waals surface area contributed by atoms with Crippen molar-refractivity contribution >= 4 is 18.4 Å². The number of ether oxygens (including phenoxy) is 1. The largest absolute Gasteiger partial charge is 1.00 e. The molecule has 13 heteroatoms. The molecule has 148 valence electrons. The quantitative estimate of drug-likeness (QED) is 0.202. The summed E-state index contributed by atoms with van der Waals surface area (Å²) in [6, 6.07) is 9.18.